The highest BCUT2D eigenvalue weighted by Crippen LogP contribution is 2.20. The summed E-state index contributed by atoms with van der Waals surface area (Å²) in [6.45, 7) is 1.96. The maximum atomic E-state index is 12.0. The van der Waals surface area contributed by atoms with Crippen LogP contribution >= 0.6 is 15.9 Å². The van der Waals surface area contributed by atoms with Gasteiger partial charge in [-0.1, -0.05) is 6.07 Å². The highest BCUT2D eigenvalue weighted by Gasteiger charge is 2.10. The van der Waals surface area contributed by atoms with E-state index in [0.29, 0.717) is 11.3 Å². The number of carbonyl (C=O) groups is 1. The minimum absolute atomic E-state index is 0.171. The molecule has 0 unspecified atom stereocenters. The Morgan fingerprint density at radius 2 is 1.83 bits per heavy atom. The van der Waals surface area contributed by atoms with Crippen molar-refractivity contribution in [2.75, 3.05) is 5.32 Å². The summed E-state index contributed by atoms with van der Waals surface area (Å²) in [5.41, 5.74) is 2.31. The van der Waals surface area contributed by atoms with Crippen LogP contribution in [0.3, 0.4) is 0 Å². The van der Waals surface area contributed by atoms with Crippen LogP contribution in [0.2, 0.25) is 0 Å². The van der Waals surface area contributed by atoms with E-state index < -0.39 is 0 Å². The van der Waals surface area contributed by atoms with Crippen molar-refractivity contribution in [3.63, 3.8) is 0 Å². The molecule has 2 N–H and O–H groups in total. The van der Waals surface area contributed by atoms with Gasteiger partial charge in [0, 0.05) is 10.2 Å². The number of aryl methyl sites for hydroxylation is 1. The van der Waals surface area contributed by atoms with Gasteiger partial charge in [0.25, 0.3) is 5.91 Å². The molecular formula is C14H12BrNO2. The van der Waals surface area contributed by atoms with Crippen molar-refractivity contribution in [3.05, 3.63) is 58.1 Å². The number of halogens is 1. The van der Waals surface area contributed by atoms with Crippen molar-refractivity contribution in [2.45, 2.75) is 6.92 Å². The Kier molecular flexibility index (Phi) is 3.67. The van der Waals surface area contributed by atoms with Crippen molar-refractivity contribution in [2.24, 2.45) is 0 Å². The van der Waals surface area contributed by atoms with E-state index in [1.807, 2.05) is 19.1 Å². The quantitative estimate of drug-likeness (QED) is 0.831. The fourth-order valence-corrected chi connectivity index (χ4v) is 2.22. The van der Waals surface area contributed by atoms with Gasteiger partial charge in [0.05, 0.1) is 5.56 Å². The van der Waals surface area contributed by atoms with Gasteiger partial charge in [0.2, 0.25) is 0 Å². The van der Waals surface area contributed by atoms with E-state index in [1.54, 1.807) is 18.2 Å². The number of nitrogens with one attached hydrogen (secondary N) is 1. The Morgan fingerprint density at radius 1 is 1.17 bits per heavy atom. The zero-order chi connectivity index (χ0) is 13.1. The van der Waals surface area contributed by atoms with Gasteiger partial charge in [0.15, 0.2) is 0 Å². The Hall–Kier alpha value is -1.81. The second-order valence-corrected chi connectivity index (χ2v) is 4.84. The minimum Gasteiger partial charge on any atom is -0.508 e. The molecule has 0 spiro atoms. The highest BCUT2D eigenvalue weighted by atomic mass is 79.9. The Morgan fingerprint density at radius 3 is 2.44 bits per heavy atom. The zero-order valence-electron chi connectivity index (χ0n) is 9.77. The van der Waals surface area contributed by atoms with E-state index in [4.69, 9.17) is 5.11 Å². The lowest BCUT2D eigenvalue weighted by Gasteiger charge is -2.07. The number of hydrogen-bond acceptors (Lipinski definition) is 2. The number of rotatable bonds is 2. The molecular weight excluding hydrogens is 294 g/mol. The van der Waals surface area contributed by atoms with Crippen LogP contribution in [-0.4, -0.2) is 11.0 Å². The Bertz CT molecular complexity index is 579. The Labute approximate surface area is 114 Å². The number of carbonyl (C=O) groups excluding carboxylic acids is 1. The van der Waals surface area contributed by atoms with Crippen LogP contribution in [0.5, 0.6) is 5.75 Å². The lowest BCUT2D eigenvalue weighted by atomic mass is 10.1. The molecule has 0 aromatic heterocycles. The molecule has 4 heteroatoms. The van der Waals surface area contributed by atoms with Gasteiger partial charge in [-0.3, -0.25) is 4.79 Å². The average molecular weight is 306 g/mol. The first-order chi connectivity index (χ1) is 8.56. The molecule has 1 amide bonds. The first-order valence-corrected chi connectivity index (χ1v) is 6.22. The molecule has 0 aliphatic carbocycles. The first kappa shape index (κ1) is 12.6. The van der Waals surface area contributed by atoms with E-state index in [2.05, 4.69) is 21.2 Å². The Balaban J connectivity index is 2.19. The monoisotopic (exact) mass is 305 g/mol. The van der Waals surface area contributed by atoms with E-state index in [0.717, 1.165) is 10.0 Å². The summed E-state index contributed by atoms with van der Waals surface area (Å²) in [6, 6.07) is 11.9. The number of amides is 1. The molecule has 3 nitrogen and oxygen atoms in total. The zero-order valence-corrected chi connectivity index (χ0v) is 11.4. The molecule has 18 heavy (non-hydrogen) atoms. The predicted molar refractivity (Wildman–Crippen MR) is 74.9 cm³/mol. The molecule has 0 heterocycles. The largest absolute Gasteiger partial charge is 0.508 e. The number of phenols is 1. The van der Waals surface area contributed by atoms with Crippen LogP contribution < -0.4 is 5.32 Å². The topological polar surface area (TPSA) is 49.3 Å². The average Bonchev–Trinajstić information content (AvgIpc) is 2.32. The van der Waals surface area contributed by atoms with Gasteiger partial charge in [-0.2, -0.15) is 0 Å². The third kappa shape index (κ3) is 2.90. The molecule has 0 radical (unpaired) electrons. The molecule has 0 aliphatic heterocycles. The lowest BCUT2D eigenvalue weighted by Crippen LogP contribution is -2.12. The standard InChI is InChI=1S/C14H12BrNO2/c1-9-2-7-12(13(15)8-9)14(18)16-10-3-5-11(17)6-4-10/h2-8,17H,1H3,(H,16,18). The maximum Gasteiger partial charge on any atom is 0.256 e. The highest BCUT2D eigenvalue weighted by molar-refractivity contribution is 9.10. The van der Waals surface area contributed by atoms with Crippen LogP contribution in [0.4, 0.5) is 5.69 Å². The molecule has 0 atom stereocenters. The maximum absolute atomic E-state index is 12.0. The van der Waals surface area contributed by atoms with E-state index in [-0.39, 0.29) is 11.7 Å². The van der Waals surface area contributed by atoms with Crippen molar-refractivity contribution in [1.29, 1.82) is 0 Å². The number of benzene rings is 2. The number of hydrogen-bond donors (Lipinski definition) is 2. The van der Waals surface area contributed by atoms with Crippen LogP contribution in [0, 0.1) is 6.92 Å². The van der Waals surface area contributed by atoms with Gasteiger partial charge in [-0.15, -0.1) is 0 Å². The van der Waals surface area contributed by atoms with Crippen molar-refractivity contribution in [3.8, 4) is 5.75 Å². The summed E-state index contributed by atoms with van der Waals surface area (Å²) in [4.78, 5) is 12.0. The molecule has 2 rings (SSSR count). The second kappa shape index (κ2) is 5.23. The van der Waals surface area contributed by atoms with Crippen molar-refractivity contribution in [1.82, 2.24) is 0 Å². The van der Waals surface area contributed by atoms with E-state index >= 15 is 0 Å². The van der Waals surface area contributed by atoms with E-state index in [1.165, 1.54) is 12.1 Å². The minimum atomic E-state index is -0.187. The van der Waals surface area contributed by atoms with Gasteiger partial charge in [0.1, 0.15) is 5.75 Å². The molecule has 2 aromatic carbocycles. The SMILES string of the molecule is Cc1ccc(C(=O)Nc2ccc(O)cc2)c(Br)c1. The van der Waals surface area contributed by atoms with Crippen molar-refractivity contribution < 1.29 is 9.90 Å². The summed E-state index contributed by atoms with van der Waals surface area (Å²) in [6.07, 6.45) is 0. The van der Waals surface area contributed by atoms with Gasteiger partial charge >= 0.3 is 0 Å². The summed E-state index contributed by atoms with van der Waals surface area (Å²) >= 11 is 3.37. The summed E-state index contributed by atoms with van der Waals surface area (Å²) in [5.74, 6) is -0.0166. The smallest absolute Gasteiger partial charge is 0.256 e. The van der Waals surface area contributed by atoms with Gasteiger partial charge < -0.3 is 10.4 Å². The number of aromatic hydroxyl groups is 1. The molecule has 0 aliphatic rings. The third-order valence-electron chi connectivity index (χ3n) is 2.49. The predicted octanol–water partition coefficient (Wildman–Crippen LogP) is 3.72. The van der Waals surface area contributed by atoms with Crippen LogP contribution in [-0.2, 0) is 0 Å². The third-order valence-corrected chi connectivity index (χ3v) is 3.15. The second-order valence-electron chi connectivity index (χ2n) is 3.98. The van der Waals surface area contributed by atoms with Gasteiger partial charge in [-0.05, 0) is 64.8 Å². The molecule has 0 saturated heterocycles. The van der Waals surface area contributed by atoms with Gasteiger partial charge in [-0.25, -0.2) is 0 Å². The summed E-state index contributed by atoms with van der Waals surface area (Å²) in [5, 5.41) is 11.9. The normalized spacial score (nSPS) is 10.1. The van der Waals surface area contributed by atoms with Crippen LogP contribution in [0.1, 0.15) is 15.9 Å². The fraction of sp³-hybridized carbons (Fsp3) is 0.0714. The lowest BCUT2D eigenvalue weighted by molar-refractivity contribution is 0.102. The fourth-order valence-electron chi connectivity index (χ4n) is 1.55. The number of phenolic OH excluding ortho intramolecular Hbond substituents is 1. The molecule has 92 valence electrons. The molecule has 0 bridgehead atoms. The van der Waals surface area contributed by atoms with E-state index in [9.17, 15) is 4.79 Å². The van der Waals surface area contributed by atoms with Crippen LogP contribution in [0.15, 0.2) is 46.9 Å². The molecule has 2 aromatic rings. The molecule has 0 saturated carbocycles. The molecule has 0 fully saturated rings. The first-order valence-electron chi connectivity index (χ1n) is 5.43. The summed E-state index contributed by atoms with van der Waals surface area (Å²) in [7, 11) is 0. The van der Waals surface area contributed by atoms with Crippen molar-refractivity contribution >= 4 is 27.5 Å². The number of anilines is 1. The van der Waals surface area contributed by atoms with Crippen LogP contribution in [0.25, 0.3) is 0 Å². The summed E-state index contributed by atoms with van der Waals surface area (Å²) < 4.78 is 0.763.